The Morgan fingerprint density at radius 3 is 1.66 bits per heavy atom. The van der Waals surface area contributed by atoms with Gasteiger partial charge in [0.15, 0.2) is 0 Å². The van der Waals surface area contributed by atoms with Crippen LogP contribution >= 0.6 is 0 Å². The minimum absolute atomic E-state index is 0.538. The molecule has 1 rings (SSSR count). The zero-order chi connectivity index (χ0) is 21.0. The Labute approximate surface area is 181 Å². The molecule has 0 spiro atoms. The van der Waals surface area contributed by atoms with Gasteiger partial charge in [0, 0.05) is 6.42 Å². The zero-order valence-corrected chi connectivity index (χ0v) is 19.6. The van der Waals surface area contributed by atoms with Gasteiger partial charge in [-0.05, 0) is 44.9 Å². The van der Waals surface area contributed by atoms with E-state index in [1.165, 1.54) is 103 Å². The van der Waals surface area contributed by atoms with Gasteiger partial charge in [-0.1, -0.05) is 77.6 Å². The van der Waals surface area contributed by atoms with Crippen molar-refractivity contribution in [2.75, 3.05) is 19.6 Å². The molecule has 3 nitrogen and oxygen atoms in total. The summed E-state index contributed by atoms with van der Waals surface area (Å²) in [5.74, 6) is 0.538. The maximum absolute atomic E-state index is 12.6. The van der Waals surface area contributed by atoms with Gasteiger partial charge < -0.3 is 4.79 Å². The lowest BCUT2D eigenvalue weighted by atomic mass is 10.0. The molecule has 0 bridgehead atoms. The molecule has 3 heteroatoms. The van der Waals surface area contributed by atoms with Crippen LogP contribution in [0, 0.1) is 0 Å². The molecular weight excluding hydrogens is 358 g/mol. The van der Waals surface area contributed by atoms with Gasteiger partial charge in [-0.15, -0.1) is 0 Å². The van der Waals surface area contributed by atoms with Gasteiger partial charge in [-0.2, -0.15) is 0 Å². The van der Waals surface area contributed by atoms with Crippen LogP contribution in [0.3, 0.4) is 0 Å². The number of carbonyl (C=O) groups excluding carboxylic acids is 2. The van der Waals surface area contributed by atoms with Crippen molar-refractivity contribution in [3.63, 3.8) is 0 Å². The lowest BCUT2D eigenvalue weighted by molar-refractivity contribution is -0.858. The Kier molecular flexibility index (Phi) is 16.4. The number of hydrogen-bond donors (Lipinski definition) is 0. The molecule has 1 unspecified atom stereocenters. The number of quaternary nitrogens is 1. The normalized spacial score (nSPS) is 19.6. The summed E-state index contributed by atoms with van der Waals surface area (Å²) in [7, 11) is 0. The van der Waals surface area contributed by atoms with E-state index in [4.69, 9.17) is 0 Å². The number of likely N-dealkylation sites (tertiary alicyclic amines) is 1. The van der Waals surface area contributed by atoms with E-state index in [1.54, 1.807) is 0 Å². The summed E-state index contributed by atoms with van der Waals surface area (Å²) in [6, 6.07) is 0. The Balaban J connectivity index is 1.98. The molecule has 0 saturated carbocycles. The highest BCUT2D eigenvalue weighted by atomic mass is 16.2. The number of hydrogen-bond acceptors (Lipinski definition) is 2. The van der Waals surface area contributed by atoms with Gasteiger partial charge in [-0.3, -0.25) is 4.48 Å². The fourth-order valence-electron chi connectivity index (χ4n) is 4.89. The lowest BCUT2D eigenvalue weighted by Crippen LogP contribution is -2.56. The molecule has 0 aliphatic carbocycles. The van der Waals surface area contributed by atoms with Crippen LogP contribution in [0.25, 0.3) is 0 Å². The molecule has 1 heterocycles. The van der Waals surface area contributed by atoms with Crippen molar-refractivity contribution in [1.29, 1.82) is 0 Å². The van der Waals surface area contributed by atoms with Crippen molar-refractivity contribution in [2.45, 2.75) is 135 Å². The number of carbonyl (C=O) groups is 2. The van der Waals surface area contributed by atoms with Crippen molar-refractivity contribution in [3.05, 3.63) is 0 Å². The first-order chi connectivity index (χ1) is 14.2. The van der Waals surface area contributed by atoms with Crippen LogP contribution in [-0.4, -0.2) is 36.3 Å². The first-order valence-electron chi connectivity index (χ1n) is 13.1. The van der Waals surface area contributed by atoms with Crippen molar-refractivity contribution >= 4 is 12.2 Å². The van der Waals surface area contributed by atoms with E-state index >= 15 is 0 Å². The Hall–Kier alpha value is -0.700. The van der Waals surface area contributed by atoms with Gasteiger partial charge >= 0.3 is 5.91 Å². The fourth-order valence-corrected chi connectivity index (χ4v) is 4.89. The third-order valence-electron chi connectivity index (χ3n) is 6.85. The molecule has 0 aromatic heterocycles. The predicted molar refractivity (Wildman–Crippen MR) is 124 cm³/mol. The SMILES string of the molecule is CCCCC[N+]1(CCCCCCCCCCCCCCCC=O)CCCCC1=O. The van der Waals surface area contributed by atoms with E-state index in [2.05, 4.69) is 6.92 Å². The molecule has 0 aromatic carbocycles. The van der Waals surface area contributed by atoms with Gasteiger partial charge in [0.25, 0.3) is 0 Å². The Bertz CT molecular complexity index is 410. The number of nitrogens with zero attached hydrogens (tertiary/aromatic N) is 1. The van der Waals surface area contributed by atoms with E-state index < -0.39 is 0 Å². The zero-order valence-electron chi connectivity index (χ0n) is 19.6. The highest BCUT2D eigenvalue weighted by molar-refractivity contribution is 5.69. The quantitative estimate of drug-likeness (QED) is 0.120. The average Bonchev–Trinajstić information content (AvgIpc) is 2.73. The summed E-state index contributed by atoms with van der Waals surface area (Å²) in [5, 5.41) is 0. The van der Waals surface area contributed by atoms with Gasteiger partial charge in [0.05, 0.1) is 26.1 Å². The molecule has 170 valence electrons. The summed E-state index contributed by atoms with van der Waals surface area (Å²) in [6.45, 7) is 5.57. The summed E-state index contributed by atoms with van der Waals surface area (Å²) < 4.78 is 0.815. The summed E-state index contributed by atoms with van der Waals surface area (Å²) in [5.41, 5.74) is 0. The average molecular weight is 409 g/mol. The minimum atomic E-state index is 0.538. The summed E-state index contributed by atoms with van der Waals surface area (Å²) in [6.07, 6.45) is 25.8. The van der Waals surface area contributed by atoms with E-state index in [-0.39, 0.29) is 0 Å². The molecular formula is C26H50NO2+. The number of unbranched alkanes of at least 4 members (excludes halogenated alkanes) is 15. The first-order valence-corrected chi connectivity index (χ1v) is 13.1. The molecule has 1 saturated heterocycles. The van der Waals surface area contributed by atoms with Crippen LogP contribution < -0.4 is 0 Å². The van der Waals surface area contributed by atoms with Crippen LogP contribution in [0.15, 0.2) is 0 Å². The van der Waals surface area contributed by atoms with Gasteiger partial charge in [0.1, 0.15) is 6.29 Å². The van der Waals surface area contributed by atoms with Crippen LogP contribution in [0.1, 0.15) is 135 Å². The van der Waals surface area contributed by atoms with Crippen LogP contribution in [0.4, 0.5) is 0 Å². The third kappa shape index (κ3) is 12.6. The smallest absolute Gasteiger partial charge is 0.303 e. The maximum Gasteiger partial charge on any atom is 0.313 e. The summed E-state index contributed by atoms with van der Waals surface area (Å²) in [4.78, 5) is 22.9. The molecule has 1 aliphatic rings. The molecule has 1 fully saturated rings. The Morgan fingerprint density at radius 2 is 1.17 bits per heavy atom. The number of piperidine rings is 1. The van der Waals surface area contributed by atoms with Crippen LogP contribution in [-0.2, 0) is 9.59 Å². The molecule has 1 amide bonds. The van der Waals surface area contributed by atoms with E-state index in [0.29, 0.717) is 5.91 Å². The second kappa shape index (κ2) is 18.1. The minimum Gasteiger partial charge on any atom is -0.303 e. The standard InChI is InChI=1S/C26H50NO2/c1-2-3-17-22-27(24-19-16-21-26(27)29)23-18-14-12-10-8-6-4-5-7-9-11-13-15-20-25-28/h25H,2-24H2,1H3/q+1. The van der Waals surface area contributed by atoms with Crippen molar-refractivity contribution in [1.82, 2.24) is 0 Å². The molecule has 1 atom stereocenters. The van der Waals surface area contributed by atoms with E-state index in [1.807, 2.05) is 0 Å². The largest absolute Gasteiger partial charge is 0.313 e. The predicted octanol–water partition coefficient (Wildman–Crippen LogP) is 7.36. The van der Waals surface area contributed by atoms with Crippen LogP contribution in [0.2, 0.25) is 0 Å². The second-order valence-corrected chi connectivity index (χ2v) is 9.43. The third-order valence-corrected chi connectivity index (χ3v) is 6.85. The van der Waals surface area contributed by atoms with Gasteiger partial charge in [-0.25, -0.2) is 4.79 Å². The topological polar surface area (TPSA) is 34.1 Å². The van der Waals surface area contributed by atoms with Crippen molar-refractivity contribution < 1.29 is 14.1 Å². The molecule has 0 N–H and O–H groups in total. The highest BCUT2D eigenvalue weighted by Gasteiger charge is 2.37. The number of rotatable bonds is 20. The van der Waals surface area contributed by atoms with Crippen LogP contribution in [0.5, 0.6) is 0 Å². The number of amides is 1. The molecule has 0 radical (unpaired) electrons. The highest BCUT2D eigenvalue weighted by Crippen LogP contribution is 2.23. The van der Waals surface area contributed by atoms with Gasteiger partial charge in [0.2, 0.25) is 0 Å². The van der Waals surface area contributed by atoms with E-state index in [9.17, 15) is 9.59 Å². The molecule has 1 aliphatic heterocycles. The van der Waals surface area contributed by atoms with E-state index in [0.717, 1.165) is 56.1 Å². The first kappa shape index (κ1) is 26.3. The number of aldehydes is 1. The van der Waals surface area contributed by atoms with Crippen molar-refractivity contribution in [3.8, 4) is 0 Å². The molecule has 0 aromatic rings. The van der Waals surface area contributed by atoms with Crippen molar-refractivity contribution in [2.24, 2.45) is 0 Å². The summed E-state index contributed by atoms with van der Waals surface area (Å²) >= 11 is 0. The monoisotopic (exact) mass is 408 g/mol. The second-order valence-electron chi connectivity index (χ2n) is 9.43. The lowest BCUT2D eigenvalue weighted by Gasteiger charge is -2.39. The maximum atomic E-state index is 12.6. The molecule has 29 heavy (non-hydrogen) atoms. The fraction of sp³-hybridized carbons (Fsp3) is 0.923. The Morgan fingerprint density at radius 1 is 0.690 bits per heavy atom.